The average molecular weight is 395 g/mol. The van der Waals surface area contributed by atoms with E-state index in [1.807, 2.05) is 49.5 Å². The average Bonchev–Trinajstić information content (AvgIpc) is 3.35. The van der Waals surface area contributed by atoms with Crippen LogP contribution in [0.5, 0.6) is 0 Å². The minimum atomic E-state index is -0.240. The topological polar surface area (TPSA) is 75.6 Å². The fourth-order valence-electron chi connectivity index (χ4n) is 3.80. The van der Waals surface area contributed by atoms with Gasteiger partial charge < -0.3 is 10.3 Å². The van der Waals surface area contributed by atoms with Crippen LogP contribution in [0.4, 0.5) is 5.69 Å². The zero-order valence-electron chi connectivity index (χ0n) is 16.6. The molecule has 2 N–H and O–H groups in total. The number of hydrogen-bond acceptors (Lipinski definition) is 3. The highest BCUT2D eigenvalue weighted by atomic mass is 16.1. The molecule has 30 heavy (non-hydrogen) atoms. The maximum absolute atomic E-state index is 12.9. The van der Waals surface area contributed by atoms with Gasteiger partial charge in [-0.05, 0) is 30.5 Å². The van der Waals surface area contributed by atoms with Gasteiger partial charge in [0.05, 0.1) is 23.1 Å². The minimum absolute atomic E-state index is 0.240. The Balaban J connectivity index is 1.56. The van der Waals surface area contributed by atoms with Gasteiger partial charge in [0.1, 0.15) is 5.69 Å². The van der Waals surface area contributed by atoms with E-state index in [4.69, 9.17) is 4.98 Å². The first-order valence-electron chi connectivity index (χ1n) is 9.91. The van der Waals surface area contributed by atoms with Crippen LogP contribution < -0.4 is 5.32 Å². The summed E-state index contributed by atoms with van der Waals surface area (Å²) >= 11 is 0. The van der Waals surface area contributed by atoms with Crippen LogP contribution in [0.2, 0.25) is 0 Å². The third-order valence-electron chi connectivity index (χ3n) is 5.26. The summed E-state index contributed by atoms with van der Waals surface area (Å²) in [6.45, 7) is 0. The third-order valence-corrected chi connectivity index (χ3v) is 5.26. The van der Waals surface area contributed by atoms with Crippen molar-refractivity contribution >= 4 is 33.4 Å². The predicted octanol–water partition coefficient (Wildman–Crippen LogP) is 4.49. The van der Waals surface area contributed by atoms with Crippen LogP contribution in [-0.4, -0.2) is 25.7 Å². The van der Waals surface area contributed by atoms with Crippen molar-refractivity contribution in [3.05, 3.63) is 90.0 Å². The Morgan fingerprint density at radius 2 is 1.83 bits per heavy atom. The molecule has 0 atom stereocenters. The Hall–Kier alpha value is -3.93. The second-order valence-corrected chi connectivity index (χ2v) is 7.39. The fourth-order valence-corrected chi connectivity index (χ4v) is 3.80. The van der Waals surface area contributed by atoms with Crippen molar-refractivity contribution in [3.63, 3.8) is 0 Å². The Morgan fingerprint density at radius 1 is 1.03 bits per heavy atom. The van der Waals surface area contributed by atoms with Crippen molar-refractivity contribution < 1.29 is 4.79 Å². The Bertz CT molecular complexity index is 1350. The van der Waals surface area contributed by atoms with Gasteiger partial charge in [0, 0.05) is 29.5 Å². The fraction of sp³-hybridized carbons (Fsp3) is 0.125. The molecule has 0 radical (unpaired) electrons. The number of carbonyl (C=O) groups excluding carboxylic acids is 1. The lowest BCUT2D eigenvalue weighted by atomic mass is 10.1. The number of pyridine rings is 1. The number of aryl methyl sites for hydroxylation is 3. The van der Waals surface area contributed by atoms with E-state index in [9.17, 15) is 4.79 Å². The molecule has 0 aliphatic rings. The molecule has 0 spiro atoms. The van der Waals surface area contributed by atoms with Gasteiger partial charge in [-0.2, -0.15) is 5.10 Å². The minimum Gasteiger partial charge on any atom is -0.353 e. The van der Waals surface area contributed by atoms with Crippen molar-refractivity contribution in [2.24, 2.45) is 7.05 Å². The zero-order chi connectivity index (χ0) is 20.5. The molecular formula is C24H21N5O. The smallest absolute Gasteiger partial charge is 0.274 e. The second-order valence-electron chi connectivity index (χ2n) is 7.39. The van der Waals surface area contributed by atoms with Crippen molar-refractivity contribution in [2.45, 2.75) is 12.8 Å². The molecule has 0 unspecified atom stereocenters. The first-order chi connectivity index (χ1) is 14.7. The van der Waals surface area contributed by atoms with E-state index in [1.165, 1.54) is 5.56 Å². The Morgan fingerprint density at radius 3 is 2.63 bits per heavy atom. The van der Waals surface area contributed by atoms with Crippen LogP contribution in [0.3, 0.4) is 0 Å². The maximum Gasteiger partial charge on any atom is 0.274 e. The van der Waals surface area contributed by atoms with Gasteiger partial charge in [-0.15, -0.1) is 0 Å². The number of nitrogens with zero attached hydrogens (tertiary/aromatic N) is 3. The number of aromatic amines is 1. The van der Waals surface area contributed by atoms with Gasteiger partial charge >= 0.3 is 0 Å². The van der Waals surface area contributed by atoms with Crippen LogP contribution in [-0.2, 0) is 19.9 Å². The van der Waals surface area contributed by atoms with Crippen LogP contribution in [0.1, 0.15) is 21.7 Å². The standard InChI is InChI=1S/C24H21N5O/c1-29-15-17(14-25-29)26-24(30)22-13-19-18-9-5-6-10-20(18)28-23(19)21(27-22)12-11-16-7-3-2-4-8-16/h2-10,13-15,28H,11-12H2,1H3,(H,26,30). The van der Waals surface area contributed by atoms with Crippen LogP contribution in [0.15, 0.2) is 73.1 Å². The summed E-state index contributed by atoms with van der Waals surface area (Å²) in [7, 11) is 1.81. The summed E-state index contributed by atoms with van der Waals surface area (Å²) in [5.74, 6) is -0.240. The van der Waals surface area contributed by atoms with E-state index < -0.39 is 0 Å². The molecule has 148 valence electrons. The van der Waals surface area contributed by atoms with Crippen LogP contribution >= 0.6 is 0 Å². The predicted molar refractivity (Wildman–Crippen MR) is 119 cm³/mol. The number of fused-ring (bicyclic) bond motifs is 3. The Kier molecular flexibility index (Phi) is 4.52. The summed E-state index contributed by atoms with van der Waals surface area (Å²) in [4.78, 5) is 21.2. The number of H-pyrrole nitrogens is 1. The molecule has 6 nitrogen and oxygen atoms in total. The molecule has 1 amide bonds. The van der Waals surface area contributed by atoms with Crippen molar-refractivity contribution in [1.82, 2.24) is 19.7 Å². The molecule has 6 heteroatoms. The second kappa shape index (κ2) is 7.48. The molecule has 0 aliphatic carbocycles. The van der Waals surface area contributed by atoms with E-state index >= 15 is 0 Å². The molecule has 0 bridgehead atoms. The van der Waals surface area contributed by atoms with Gasteiger partial charge in [-0.25, -0.2) is 4.98 Å². The third kappa shape index (κ3) is 3.43. The number of carbonyl (C=O) groups is 1. The highest BCUT2D eigenvalue weighted by Crippen LogP contribution is 2.28. The maximum atomic E-state index is 12.9. The molecule has 0 saturated heterocycles. The molecule has 0 saturated carbocycles. The number of aromatic nitrogens is 4. The normalized spacial score (nSPS) is 11.2. The molecule has 0 fully saturated rings. The summed E-state index contributed by atoms with van der Waals surface area (Å²) in [6, 6.07) is 20.3. The summed E-state index contributed by atoms with van der Waals surface area (Å²) < 4.78 is 1.65. The van der Waals surface area contributed by atoms with Gasteiger partial charge in [0.2, 0.25) is 0 Å². The molecule has 0 aliphatic heterocycles. The van der Waals surface area contributed by atoms with E-state index in [-0.39, 0.29) is 5.91 Å². The SMILES string of the molecule is Cn1cc(NC(=O)c2cc3c([nH]c4ccccc43)c(CCc3ccccc3)n2)cn1. The molecule has 2 aromatic carbocycles. The molecule has 5 rings (SSSR count). The highest BCUT2D eigenvalue weighted by molar-refractivity contribution is 6.11. The van der Waals surface area contributed by atoms with Crippen LogP contribution in [0, 0.1) is 0 Å². The van der Waals surface area contributed by atoms with Crippen molar-refractivity contribution in [3.8, 4) is 0 Å². The lowest BCUT2D eigenvalue weighted by Gasteiger charge is -2.08. The number of hydrogen-bond donors (Lipinski definition) is 2. The molecule has 5 aromatic rings. The van der Waals surface area contributed by atoms with Gasteiger partial charge in [0.25, 0.3) is 5.91 Å². The van der Waals surface area contributed by atoms with Gasteiger partial charge in [-0.3, -0.25) is 9.48 Å². The number of benzene rings is 2. The van der Waals surface area contributed by atoms with Crippen molar-refractivity contribution in [2.75, 3.05) is 5.32 Å². The molecular weight excluding hydrogens is 374 g/mol. The lowest BCUT2D eigenvalue weighted by Crippen LogP contribution is -2.14. The first-order valence-corrected chi connectivity index (χ1v) is 9.91. The number of nitrogens with one attached hydrogen (secondary N) is 2. The van der Waals surface area contributed by atoms with Crippen LogP contribution in [0.25, 0.3) is 21.8 Å². The summed E-state index contributed by atoms with van der Waals surface area (Å²) in [6.07, 6.45) is 4.98. The van der Waals surface area contributed by atoms with E-state index in [0.29, 0.717) is 11.4 Å². The summed E-state index contributed by atoms with van der Waals surface area (Å²) in [5, 5.41) is 9.10. The first kappa shape index (κ1) is 18.1. The highest BCUT2D eigenvalue weighted by Gasteiger charge is 2.16. The zero-order valence-corrected chi connectivity index (χ0v) is 16.6. The van der Waals surface area contributed by atoms with Crippen molar-refractivity contribution in [1.29, 1.82) is 0 Å². The van der Waals surface area contributed by atoms with Gasteiger partial charge in [-0.1, -0.05) is 48.5 Å². The lowest BCUT2D eigenvalue weighted by molar-refractivity contribution is 0.102. The van der Waals surface area contributed by atoms with E-state index in [0.717, 1.165) is 40.3 Å². The van der Waals surface area contributed by atoms with Gasteiger partial charge in [0.15, 0.2) is 0 Å². The summed E-state index contributed by atoms with van der Waals surface area (Å²) in [5.41, 5.74) is 5.22. The largest absolute Gasteiger partial charge is 0.353 e. The number of rotatable bonds is 5. The number of para-hydroxylation sites is 1. The monoisotopic (exact) mass is 395 g/mol. The number of anilines is 1. The molecule has 3 aromatic heterocycles. The Labute approximate surface area is 173 Å². The molecule has 3 heterocycles. The quantitative estimate of drug-likeness (QED) is 0.460. The van der Waals surface area contributed by atoms with E-state index in [2.05, 4.69) is 33.6 Å². The van der Waals surface area contributed by atoms with E-state index in [1.54, 1.807) is 17.1 Å². The number of amides is 1.